The van der Waals surface area contributed by atoms with Crippen LogP contribution in [0.3, 0.4) is 0 Å². The van der Waals surface area contributed by atoms with E-state index in [1.807, 2.05) is 18.2 Å². The Labute approximate surface area is 155 Å². The Morgan fingerprint density at radius 2 is 2.08 bits per heavy atom. The maximum atomic E-state index is 12.6. The monoisotopic (exact) mass is 374 g/mol. The Morgan fingerprint density at radius 1 is 1.27 bits per heavy atom. The molecule has 2 aromatic carbocycles. The Morgan fingerprint density at radius 3 is 2.85 bits per heavy atom. The van der Waals surface area contributed by atoms with E-state index in [0.29, 0.717) is 28.3 Å². The fourth-order valence-corrected chi connectivity index (χ4v) is 2.79. The van der Waals surface area contributed by atoms with E-state index in [9.17, 15) is 9.90 Å². The first-order valence-electron chi connectivity index (χ1n) is 8.11. The number of hydrogen-bond donors (Lipinski definition) is 1. The summed E-state index contributed by atoms with van der Waals surface area (Å²) in [5, 5.41) is 11.2. The van der Waals surface area contributed by atoms with Gasteiger partial charge < -0.3 is 14.6 Å². The van der Waals surface area contributed by atoms with Crippen molar-refractivity contribution in [3.63, 3.8) is 0 Å². The summed E-state index contributed by atoms with van der Waals surface area (Å²) in [6.45, 7) is 0.452. The van der Waals surface area contributed by atoms with Gasteiger partial charge in [-0.15, -0.1) is 0 Å². The minimum atomic E-state index is -0.847. The molecule has 1 heterocycles. The molecule has 6 nitrogen and oxygen atoms in total. The summed E-state index contributed by atoms with van der Waals surface area (Å²) < 4.78 is 12.0. The molecule has 0 saturated heterocycles. The van der Waals surface area contributed by atoms with Crippen LogP contribution in [-0.2, 0) is 17.9 Å². The summed E-state index contributed by atoms with van der Waals surface area (Å²) in [6.07, 6.45) is 0.578. The average molecular weight is 375 g/mol. The van der Waals surface area contributed by atoms with E-state index >= 15 is 0 Å². The molecule has 0 aliphatic carbocycles. The van der Waals surface area contributed by atoms with Crippen LogP contribution < -0.4 is 10.3 Å². The molecule has 26 heavy (non-hydrogen) atoms. The second kappa shape index (κ2) is 8.31. The number of ether oxygens (including phenoxy) is 2. The number of aromatic nitrogens is 2. The van der Waals surface area contributed by atoms with Gasteiger partial charge in [0.15, 0.2) is 0 Å². The molecule has 1 atom stereocenters. The zero-order valence-electron chi connectivity index (χ0n) is 14.3. The molecule has 0 aliphatic rings. The van der Waals surface area contributed by atoms with Crippen molar-refractivity contribution in [1.29, 1.82) is 0 Å². The molecule has 7 heteroatoms. The van der Waals surface area contributed by atoms with Gasteiger partial charge in [0, 0.05) is 5.02 Å². The first-order chi connectivity index (χ1) is 12.6. The second-order valence-electron chi connectivity index (χ2n) is 5.85. The minimum absolute atomic E-state index is 0.0772. The van der Waals surface area contributed by atoms with Gasteiger partial charge >= 0.3 is 0 Å². The van der Waals surface area contributed by atoms with Crippen LogP contribution in [-0.4, -0.2) is 34.5 Å². The van der Waals surface area contributed by atoms with Crippen LogP contribution in [0, 0.1) is 0 Å². The number of benzene rings is 2. The SMILES string of the molecule is COc1ccc2ncn(CC(O)COCc3ccccc3Cl)c(=O)c2c1. The van der Waals surface area contributed by atoms with Crippen molar-refractivity contribution in [2.75, 3.05) is 13.7 Å². The van der Waals surface area contributed by atoms with Crippen molar-refractivity contribution < 1.29 is 14.6 Å². The zero-order valence-corrected chi connectivity index (χ0v) is 15.0. The van der Waals surface area contributed by atoms with Gasteiger partial charge in [-0.3, -0.25) is 9.36 Å². The summed E-state index contributed by atoms with van der Waals surface area (Å²) in [4.78, 5) is 16.8. The van der Waals surface area contributed by atoms with E-state index in [2.05, 4.69) is 4.98 Å². The fourth-order valence-electron chi connectivity index (χ4n) is 2.60. The van der Waals surface area contributed by atoms with Crippen molar-refractivity contribution in [2.45, 2.75) is 19.3 Å². The van der Waals surface area contributed by atoms with Crippen LogP contribution in [0.1, 0.15) is 5.56 Å². The van der Waals surface area contributed by atoms with Crippen LogP contribution in [0.25, 0.3) is 10.9 Å². The number of aliphatic hydroxyl groups is 1. The van der Waals surface area contributed by atoms with E-state index in [4.69, 9.17) is 21.1 Å². The Balaban J connectivity index is 1.65. The topological polar surface area (TPSA) is 73.6 Å². The van der Waals surface area contributed by atoms with Gasteiger partial charge in [0.05, 0.1) is 50.2 Å². The molecule has 0 bridgehead atoms. The predicted molar refractivity (Wildman–Crippen MR) is 99.7 cm³/mol. The molecule has 1 aromatic heterocycles. The highest BCUT2D eigenvalue weighted by Crippen LogP contribution is 2.17. The lowest BCUT2D eigenvalue weighted by Gasteiger charge is -2.14. The van der Waals surface area contributed by atoms with Crippen LogP contribution in [0.4, 0.5) is 0 Å². The molecule has 0 aliphatic heterocycles. The molecular weight excluding hydrogens is 356 g/mol. The Kier molecular flexibility index (Phi) is 5.88. The maximum Gasteiger partial charge on any atom is 0.261 e. The van der Waals surface area contributed by atoms with Gasteiger partial charge in [-0.1, -0.05) is 29.8 Å². The second-order valence-corrected chi connectivity index (χ2v) is 6.25. The summed E-state index contributed by atoms with van der Waals surface area (Å²) in [6, 6.07) is 12.5. The third kappa shape index (κ3) is 4.22. The van der Waals surface area contributed by atoms with Gasteiger partial charge in [0.25, 0.3) is 5.56 Å². The molecule has 3 rings (SSSR count). The van der Waals surface area contributed by atoms with Gasteiger partial charge in [0.2, 0.25) is 0 Å². The third-order valence-corrected chi connectivity index (χ3v) is 4.33. The van der Waals surface area contributed by atoms with Crippen LogP contribution in [0.2, 0.25) is 5.02 Å². The standard InChI is InChI=1S/C19H19ClN2O4/c1-25-15-6-7-18-16(8-15)19(24)22(12-21-18)9-14(23)11-26-10-13-4-2-3-5-17(13)20/h2-8,12,14,23H,9-11H2,1H3. The summed E-state index contributed by atoms with van der Waals surface area (Å²) in [7, 11) is 1.54. The lowest BCUT2D eigenvalue weighted by molar-refractivity contribution is 0.0198. The van der Waals surface area contributed by atoms with Crippen molar-refractivity contribution in [3.05, 3.63) is 69.7 Å². The molecule has 1 N–H and O–H groups in total. The number of fused-ring (bicyclic) bond motifs is 1. The maximum absolute atomic E-state index is 12.6. The minimum Gasteiger partial charge on any atom is -0.497 e. The third-order valence-electron chi connectivity index (χ3n) is 3.96. The largest absolute Gasteiger partial charge is 0.497 e. The molecule has 0 amide bonds. The smallest absolute Gasteiger partial charge is 0.261 e. The highest BCUT2D eigenvalue weighted by molar-refractivity contribution is 6.31. The van der Waals surface area contributed by atoms with Crippen molar-refractivity contribution in [2.24, 2.45) is 0 Å². The van der Waals surface area contributed by atoms with Crippen LogP contribution in [0.15, 0.2) is 53.6 Å². The normalized spacial score (nSPS) is 12.3. The number of nitrogens with zero attached hydrogens (tertiary/aromatic N) is 2. The molecule has 3 aromatic rings. The quantitative estimate of drug-likeness (QED) is 0.688. The van der Waals surface area contributed by atoms with Gasteiger partial charge in [0.1, 0.15) is 5.75 Å². The molecule has 1 unspecified atom stereocenters. The zero-order chi connectivity index (χ0) is 18.5. The van der Waals surface area contributed by atoms with Gasteiger partial charge in [-0.05, 0) is 29.8 Å². The first-order valence-corrected chi connectivity index (χ1v) is 8.48. The number of methoxy groups -OCH3 is 1. The molecule has 136 valence electrons. The molecule has 0 saturated carbocycles. The fraction of sp³-hybridized carbons (Fsp3) is 0.263. The van der Waals surface area contributed by atoms with Gasteiger partial charge in [-0.2, -0.15) is 0 Å². The van der Waals surface area contributed by atoms with E-state index in [1.54, 1.807) is 24.3 Å². The number of hydrogen-bond acceptors (Lipinski definition) is 5. The van der Waals surface area contributed by atoms with E-state index in [-0.39, 0.29) is 18.7 Å². The highest BCUT2D eigenvalue weighted by atomic mass is 35.5. The molecule has 0 spiro atoms. The summed E-state index contributed by atoms with van der Waals surface area (Å²) in [5.74, 6) is 0.581. The molecular formula is C19H19ClN2O4. The molecule has 0 radical (unpaired) electrons. The van der Waals surface area contributed by atoms with E-state index in [1.165, 1.54) is 18.0 Å². The first kappa shape index (κ1) is 18.4. The van der Waals surface area contributed by atoms with E-state index in [0.717, 1.165) is 5.56 Å². The van der Waals surface area contributed by atoms with Crippen molar-refractivity contribution in [3.8, 4) is 5.75 Å². The highest BCUT2D eigenvalue weighted by Gasteiger charge is 2.11. The van der Waals surface area contributed by atoms with Crippen molar-refractivity contribution >= 4 is 22.5 Å². The van der Waals surface area contributed by atoms with Gasteiger partial charge in [-0.25, -0.2) is 4.98 Å². The molecule has 0 fully saturated rings. The average Bonchev–Trinajstić information content (AvgIpc) is 2.65. The van der Waals surface area contributed by atoms with Crippen LogP contribution in [0.5, 0.6) is 5.75 Å². The number of rotatable bonds is 7. The summed E-state index contributed by atoms with van der Waals surface area (Å²) >= 11 is 6.06. The summed E-state index contributed by atoms with van der Waals surface area (Å²) in [5.41, 5.74) is 1.19. The van der Waals surface area contributed by atoms with Crippen LogP contribution >= 0.6 is 11.6 Å². The Bertz CT molecular complexity index is 958. The number of aliphatic hydroxyl groups excluding tert-OH is 1. The lowest BCUT2D eigenvalue weighted by atomic mass is 10.2. The number of halogens is 1. The predicted octanol–water partition coefficient (Wildman–Crippen LogP) is 2.64. The lowest BCUT2D eigenvalue weighted by Crippen LogP contribution is -2.29. The Hall–Kier alpha value is -2.41. The van der Waals surface area contributed by atoms with E-state index < -0.39 is 6.10 Å². The van der Waals surface area contributed by atoms with Crippen molar-refractivity contribution in [1.82, 2.24) is 9.55 Å².